The molecule has 5 nitrogen and oxygen atoms in total. The summed E-state index contributed by atoms with van der Waals surface area (Å²) in [6.45, 7) is 6.37. The van der Waals surface area contributed by atoms with Crippen LogP contribution in [-0.4, -0.2) is 19.7 Å². The molecule has 0 saturated carbocycles. The van der Waals surface area contributed by atoms with E-state index in [0.717, 1.165) is 17.5 Å². The first kappa shape index (κ1) is 9.89. The van der Waals surface area contributed by atoms with E-state index in [2.05, 4.69) is 35.8 Å². The van der Waals surface area contributed by atoms with E-state index in [9.17, 15) is 0 Å². The van der Waals surface area contributed by atoms with Crippen LogP contribution in [0.2, 0.25) is 0 Å². The number of aromatic nitrogens is 4. The van der Waals surface area contributed by atoms with Crippen LogP contribution < -0.4 is 5.73 Å². The standard InChI is InChI=1S/C10H15N5/c1-4-10(2,3)15-9-7(5-14-15)8(11)12-6-13-9/h5-6H,4H2,1-3H3,(H2,11,12,13). The van der Waals surface area contributed by atoms with Gasteiger partial charge in [0.25, 0.3) is 0 Å². The predicted molar refractivity (Wildman–Crippen MR) is 59.3 cm³/mol. The zero-order chi connectivity index (χ0) is 11.1. The molecule has 5 heteroatoms. The van der Waals surface area contributed by atoms with Gasteiger partial charge in [-0.25, -0.2) is 14.6 Å². The van der Waals surface area contributed by atoms with Crippen LogP contribution in [0.15, 0.2) is 12.5 Å². The first-order valence-corrected chi connectivity index (χ1v) is 5.01. The minimum Gasteiger partial charge on any atom is -0.383 e. The molecule has 15 heavy (non-hydrogen) atoms. The molecule has 80 valence electrons. The molecule has 0 spiro atoms. The summed E-state index contributed by atoms with van der Waals surface area (Å²) in [6.07, 6.45) is 4.18. The zero-order valence-corrected chi connectivity index (χ0v) is 9.23. The summed E-state index contributed by atoms with van der Waals surface area (Å²) >= 11 is 0. The molecule has 2 aromatic rings. The van der Waals surface area contributed by atoms with Gasteiger partial charge in [0.1, 0.15) is 12.1 Å². The normalized spacial score (nSPS) is 12.2. The maximum absolute atomic E-state index is 5.75. The van der Waals surface area contributed by atoms with Crippen LogP contribution in [0.3, 0.4) is 0 Å². The number of anilines is 1. The summed E-state index contributed by atoms with van der Waals surface area (Å²) in [6, 6.07) is 0. The molecule has 0 amide bonds. The highest BCUT2D eigenvalue weighted by Gasteiger charge is 2.22. The molecule has 2 rings (SSSR count). The molecule has 0 aromatic carbocycles. The van der Waals surface area contributed by atoms with Gasteiger partial charge in [0, 0.05) is 0 Å². The van der Waals surface area contributed by atoms with Crippen LogP contribution in [0, 0.1) is 0 Å². The molecule has 2 heterocycles. The van der Waals surface area contributed by atoms with Crippen molar-refractivity contribution in [3.8, 4) is 0 Å². The van der Waals surface area contributed by atoms with Crippen molar-refractivity contribution in [3.05, 3.63) is 12.5 Å². The Morgan fingerprint density at radius 2 is 2.13 bits per heavy atom. The number of rotatable bonds is 2. The maximum atomic E-state index is 5.75. The minimum atomic E-state index is -0.0530. The van der Waals surface area contributed by atoms with Crippen molar-refractivity contribution in [3.63, 3.8) is 0 Å². The quantitative estimate of drug-likeness (QED) is 0.807. The summed E-state index contributed by atoms with van der Waals surface area (Å²) in [4.78, 5) is 8.17. The fraction of sp³-hybridized carbons (Fsp3) is 0.500. The Hall–Kier alpha value is -1.65. The lowest BCUT2D eigenvalue weighted by atomic mass is 10.0. The minimum absolute atomic E-state index is 0.0530. The summed E-state index contributed by atoms with van der Waals surface area (Å²) in [7, 11) is 0. The highest BCUT2D eigenvalue weighted by Crippen LogP contribution is 2.24. The molecular weight excluding hydrogens is 190 g/mol. The molecule has 0 bridgehead atoms. The molecule has 0 fully saturated rings. The Labute approximate surface area is 88.3 Å². The number of nitrogen functional groups attached to an aromatic ring is 1. The van der Waals surface area contributed by atoms with Crippen molar-refractivity contribution in [2.75, 3.05) is 5.73 Å². The second kappa shape index (κ2) is 3.18. The summed E-state index contributed by atoms with van der Waals surface area (Å²) in [5.74, 6) is 0.484. The van der Waals surface area contributed by atoms with Crippen LogP contribution >= 0.6 is 0 Å². The molecule has 0 atom stereocenters. The highest BCUT2D eigenvalue weighted by atomic mass is 15.3. The number of nitrogens with two attached hydrogens (primary N) is 1. The van der Waals surface area contributed by atoms with Gasteiger partial charge in [-0.05, 0) is 20.3 Å². The van der Waals surface area contributed by atoms with Crippen LogP contribution in [0.5, 0.6) is 0 Å². The topological polar surface area (TPSA) is 69.6 Å². The third kappa shape index (κ3) is 1.44. The molecule has 0 aliphatic rings. The highest BCUT2D eigenvalue weighted by molar-refractivity contribution is 5.84. The van der Waals surface area contributed by atoms with E-state index in [1.165, 1.54) is 6.33 Å². The van der Waals surface area contributed by atoms with Gasteiger partial charge in [-0.2, -0.15) is 5.10 Å². The molecular formula is C10H15N5. The van der Waals surface area contributed by atoms with Gasteiger partial charge in [0.15, 0.2) is 5.65 Å². The van der Waals surface area contributed by atoms with E-state index in [-0.39, 0.29) is 5.54 Å². The lowest BCUT2D eigenvalue weighted by Crippen LogP contribution is -2.26. The van der Waals surface area contributed by atoms with Gasteiger partial charge in [-0.3, -0.25) is 0 Å². The molecule has 0 aliphatic carbocycles. The van der Waals surface area contributed by atoms with Crippen molar-refractivity contribution in [1.29, 1.82) is 0 Å². The maximum Gasteiger partial charge on any atom is 0.163 e. The summed E-state index contributed by atoms with van der Waals surface area (Å²) < 4.78 is 1.90. The smallest absolute Gasteiger partial charge is 0.163 e. The van der Waals surface area contributed by atoms with Gasteiger partial charge < -0.3 is 5.73 Å². The molecule has 0 aliphatic heterocycles. The van der Waals surface area contributed by atoms with Crippen LogP contribution in [0.25, 0.3) is 11.0 Å². The second-order valence-electron chi connectivity index (χ2n) is 4.22. The Morgan fingerprint density at radius 1 is 1.40 bits per heavy atom. The number of fused-ring (bicyclic) bond motifs is 1. The Kier molecular flexibility index (Phi) is 2.10. The van der Waals surface area contributed by atoms with E-state index >= 15 is 0 Å². The van der Waals surface area contributed by atoms with E-state index in [4.69, 9.17) is 5.73 Å². The molecule has 2 aromatic heterocycles. The van der Waals surface area contributed by atoms with Crippen molar-refractivity contribution in [2.45, 2.75) is 32.7 Å². The number of nitrogens with zero attached hydrogens (tertiary/aromatic N) is 4. The average Bonchev–Trinajstić information content (AvgIpc) is 2.63. The van der Waals surface area contributed by atoms with E-state index in [1.54, 1.807) is 6.20 Å². The summed E-state index contributed by atoms with van der Waals surface area (Å²) in [5.41, 5.74) is 6.50. The van der Waals surface area contributed by atoms with Gasteiger partial charge in [0.05, 0.1) is 17.1 Å². The van der Waals surface area contributed by atoms with E-state index in [0.29, 0.717) is 5.82 Å². The van der Waals surface area contributed by atoms with Crippen molar-refractivity contribution < 1.29 is 0 Å². The largest absolute Gasteiger partial charge is 0.383 e. The Morgan fingerprint density at radius 3 is 2.80 bits per heavy atom. The van der Waals surface area contributed by atoms with Gasteiger partial charge in [-0.15, -0.1) is 0 Å². The first-order chi connectivity index (χ1) is 7.06. The monoisotopic (exact) mass is 205 g/mol. The SMILES string of the molecule is CCC(C)(C)n1ncc2c(N)ncnc21. The van der Waals surface area contributed by atoms with Crippen molar-refractivity contribution in [2.24, 2.45) is 0 Å². The Balaban J connectivity index is 2.69. The molecule has 0 unspecified atom stereocenters. The Bertz CT molecular complexity index is 486. The third-order valence-corrected chi connectivity index (χ3v) is 2.84. The van der Waals surface area contributed by atoms with Gasteiger partial charge in [0.2, 0.25) is 0 Å². The summed E-state index contributed by atoms with van der Waals surface area (Å²) in [5, 5.41) is 5.15. The van der Waals surface area contributed by atoms with E-state index < -0.39 is 0 Å². The fourth-order valence-corrected chi connectivity index (χ4v) is 1.45. The first-order valence-electron chi connectivity index (χ1n) is 5.01. The van der Waals surface area contributed by atoms with Gasteiger partial charge in [-0.1, -0.05) is 6.92 Å². The third-order valence-electron chi connectivity index (χ3n) is 2.84. The molecule has 0 saturated heterocycles. The lowest BCUT2D eigenvalue weighted by Gasteiger charge is -2.23. The number of hydrogen-bond donors (Lipinski definition) is 1. The van der Waals surface area contributed by atoms with Gasteiger partial charge >= 0.3 is 0 Å². The lowest BCUT2D eigenvalue weighted by molar-refractivity contribution is 0.317. The van der Waals surface area contributed by atoms with Crippen LogP contribution in [0.4, 0.5) is 5.82 Å². The average molecular weight is 205 g/mol. The van der Waals surface area contributed by atoms with Crippen molar-refractivity contribution in [1.82, 2.24) is 19.7 Å². The van der Waals surface area contributed by atoms with Crippen LogP contribution in [0.1, 0.15) is 27.2 Å². The fourth-order valence-electron chi connectivity index (χ4n) is 1.45. The predicted octanol–water partition coefficient (Wildman–Crippen LogP) is 1.55. The van der Waals surface area contributed by atoms with Crippen molar-refractivity contribution >= 4 is 16.9 Å². The second-order valence-corrected chi connectivity index (χ2v) is 4.22. The molecule has 0 radical (unpaired) electrons. The van der Waals surface area contributed by atoms with E-state index in [1.807, 2.05) is 4.68 Å². The zero-order valence-electron chi connectivity index (χ0n) is 9.23. The number of hydrogen-bond acceptors (Lipinski definition) is 4. The van der Waals surface area contributed by atoms with Crippen LogP contribution in [-0.2, 0) is 5.54 Å². The molecule has 2 N–H and O–H groups in total.